The summed E-state index contributed by atoms with van der Waals surface area (Å²) < 4.78 is 6.66. The van der Waals surface area contributed by atoms with E-state index >= 15 is 0 Å². The van der Waals surface area contributed by atoms with E-state index in [9.17, 15) is 9.59 Å². The molecule has 182 valence electrons. The number of carbonyl (C=O) groups is 1. The Hall–Kier alpha value is -3.07. The van der Waals surface area contributed by atoms with Gasteiger partial charge >= 0.3 is 5.97 Å². The van der Waals surface area contributed by atoms with Crippen LogP contribution in [0.15, 0.2) is 29.1 Å². The normalized spacial score (nSPS) is 15.5. The average molecular weight is 467 g/mol. The van der Waals surface area contributed by atoms with Gasteiger partial charge in [-0.3, -0.25) is 14.5 Å². The minimum atomic E-state index is -0.368. The topological polar surface area (TPSA) is 106 Å². The number of tetrazole rings is 1. The van der Waals surface area contributed by atoms with E-state index in [-0.39, 0.29) is 30.0 Å². The highest BCUT2D eigenvalue weighted by Gasteiger charge is 2.35. The van der Waals surface area contributed by atoms with Crippen molar-refractivity contribution in [3.05, 3.63) is 51.6 Å². The van der Waals surface area contributed by atoms with E-state index in [0.717, 1.165) is 47.7 Å². The highest BCUT2D eigenvalue weighted by Crippen LogP contribution is 2.35. The number of ether oxygens (including phenoxy) is 1. The fraction of sp³-hybridized carbons (Fsp3) is 0.560. The predicted molar refractivity (Wildman–Crippen MR) is 129 cm³/mol. The molecular weight excluding hydrogens is 432 g/mol. The van der Waals surface area contributed by atoms with Gasteiger partial charge in [-0.15, -0.1) is 5.10 Å². The lowest BCUT2D eigenvalue weighted by Gasteiger charge is -2.37. The van der Waals surface area contributed by atoms with Gasteiger partial charge in [-0.1, -0.05) is 38.3 Å². The van der Waals surface area contributed by atoms with Crippen LogP contribution >= 0.6 is 0 Å². The lowest BCUT2D eigenvalue weighted by atomic mass is 9.97. The van der Waals surface area contributed by atoms with E-state index in [1.165, 1.54) is 0 Å². The molecule has 0 radical (unpaired) electrons. The summed E-state index contributed by atoms with van der Waals surface area (Å²) in [6.07, 6.45) is 4.44. The number of carbonyl (C=O) groups excluding carboxylic acids is 1. The Kier molecular flexibility index (Phi) is 7.41. The van der Waals surface area contributed by atoms with Crippen LogP contribution in [0.1, 0.15) is 69.4 Å². The second-order valence-corrected chi connectivity index (χ2v) is 9.51. The number of benzene rings is 1. The molecule has 9 nitrogen and oxygen atoms in total. The molecule has 9 heteroatoms. The van der Waals surface area contributed by atoms with Gasteiger partial charge in [0.2, 0.25) is 0 Å². The maximum atomic E-state index is 13.0. The summed E-state index contributed by atoms with van der Waals surface area (Å²) >= 11 is 0. The van der Waals surface area contributed by atoms with Gasteiger partial charge in [0.05, 0.1) is 12.6 Å². The number of aryl methyl sites for hydroxylation is 1. The fourth-order valence-corrected chi connectivity index (χ4v) is 5.07. The van der Waals surface area contributed by atoms with Gasteiger partial charge in [0.1, 0.15) is 6.54 Å². The second-order valence-electron chi connectivity index (χ2n) is 9.51. The summed E-state index contributed by atoms with van der Waals surface area (Å²) in [5, 5.41) is 13.3. The van der Waals surface area contributed by atoms with E-state index in [1.54, 1.807) is 11.6 Å². The van der Waals surface area contributed by atoms with Gasteiger partial charge in [0, 0.05) is 23.7 Å². The van der Waals surface area contributed by atoms with Crippen LogP contribution < -0.4 is 5.56 Å². The average Bonchev–Trinajstić information content (AvgIpc) is 3.46. The molecule has 0 aliphatic heterocycles. The first-order valence-corrected chi connectivity index (χ1v) is 12.2. The first-order valence-electron chi connectivity index (χ1n) is 12.2. The number of nitrogens with one attached hydrogen (secondary N) is 1. The third-order valence-electron chi connectivity index (χ3n) is 6.62. The van der Waals surface area contributed by atoms with Crippen LogP contribution in [0.5, 0.6) is 0 Å². The molecule has 3 aromatic rings. The molecule has 2 heterocycles. The van der Waals surface area contributed by atoms with E-state index < -0.39 is 0 Å². The van der Waals surface area contributed by atoms with Crippen LogP contribution in [0.2, 0.25) is 0 Å². The van der Waals surface area contributed by atoms with E-state index in [1.807, 2.05) is 25.1 Å². The van der Waals surface area contributed by atoms with Gasteiger partial charge in [0.25, 0.3) is 5.56 Å². The Morgan fingerprint density at radius 3 is 2.74 bits per heavy atom. The van der Waals surface area contributed by atoms with E-state index in [0.29, 0.717) is 25.0 Å². The summed E-state index contributed by atoms with van der Waals surface area (Å²) in [4.78, 5) is 30.6. The van der Waals surface area contributed by atoms with Crippen molar-refractivity contribution in [1.29, 1.82) is 0 Å². The molecule has 1 aliphatic carbocycles. The number of aromatic amines is 1. The lowest BCUT2D eigenvalue weighted by molar-refractivity contribution is -0.144. The summed E-state index contributed by atoms with van der Waals surface area (Å²) in [6, 6.07) is 8.20. The Labute approximate surface area is 199 Å². The molecule has 0 amide bonds. The monoisotopic (exact) mass is 466 g/mol. The van der Waals surface area contributed by atoms with Crippen LogP contribution in [0.4, 0.5) is 0 Å². The van der Waals surface area contributed by atoms with Gasteiger partial charge in [-0.05, 0) is 66.6 Å². The molecule has 2 aromatic heterocycles. The number of hydrogen-bond donors (Lipinski definition) is 1. The number of fused-ring (bicyclic) bond motifs is 1. The SMILES string of the molecule is CCOC(=O)Cn1nnnc1[C@H](C(C)C)N(Cc1cc2cc(C)ccc2[nH]c1=O)C1CCCC1. The number of rotatable bonds is 9. The number of pyridine rings is 1. The molecule has 1 N–H and O–H groups in total. The molecule has 1 aliphatic rings. The molecule has 34 heavy (non-hydrogen) atoms. The number of esters is 1. The molecular formula is C25H34N6O3. The largest absolute Gasteiger partial charge is 0.465 e. The van der Waals surface area contributed by atoms with Crippen molar-refractivity contribution in [2.45, 2.75) is 78.6 Å². The third kappa shape index (κ3) is 5.19. The molecule has 0 spiro atoms. The van der Waals surface area contributed by atoms with Crippen LogP contribution in [0.25, 0.3) is 10.9 Å². The zero-order chi connectivity index (χ0) is 24.2. The maximum absolute atomic E-state index is 13.0. The van der Waals surface area contributed by atoms with E-state index in [4.69, 9.17) is 4.74 Å². The molecule has 1 fully saturated rings. The van der Waals surface area contributed by atoms with Crippen molar-refractivity contribution >= 4 is 16.9 Å². The molecule has 1 atom stereocenters. The molecule has 1 saturated carbocycles. The Morgan fingerprint density at radius 1 is 1.26 bits per heavy atom. The van der Waals surface area contributed by atoms with Crippen molar-refractivity contribution in [2.24, 2.45) is 5.92 Å². The quantitative estimate of drug-likeness (QED) is 0.481. The van der Waals surface area contributed by atoms with Gasteiger partial charge in [-0.25, -0.2) is 4.68 Å². The van der Waals surface area contributed by atoms with Crippen molar-refractivity contribution in [2.75, 3.05) is 6.61 Å². The summed E-state index contributed by atoms with van der Waals surface area (Å²) in [5.74, 6) is 0.421. The van der Waals surface area contributed by atoms with Crippen molar-refractivity contribution in [3.63, 3.8) is 0 Å². The molecule has 1 aromatic carbocycles. The molecule has 0 unspecified atom stereocenters. The highest BCUT2D eigenvalue weighted by molar-refractivity contribution is 5.79. The van der Waals surface area contributed by atoms with Crippen molar-refractivity contribution < 1.29 is 9.53 Å². The third-order valence-corrected chi connectivity index (χ3v) is 6.62. The summed E-state index contributed by atoms with van der Waals surface area (Å²) in [7, 11) is 0. The van der Waals surface area contributed by atoms with Crippen LogP contribution in [-0.4, -0.2) is 48.7 Å². The van der Waals surface area contributed by atoms with Crippen LogP contribution in [-0.2, 0) is 22.6 Å². The molecule has 0 bridgehead atoms. The smallest absolute Gasteiger partial charge is 0.327 e. The Bertz CT molecular complexity index is 1190. The lowest BCUT2D eigenvalue weighted by Crippen LogP contribution is -2.41. The molecule has 0 saturated heterocycles. The molecule has 4 rings (SSSR count). The number of hydrogen-bond acceptors (Lipinski definition) is 7. The predicted octanol–water partition coefficient (Wildman–Crippen LogP) is 3.53. The first kappa shape index (κ1) is 24.1. The van der Waals surface area contributed by atoms with Crippen molar-refractivity contribution in [3.8, 4) is 0 Å². The van der Waals surface area contributed by atoms with Gasteiger partial charge in [-0.2, -0.15) is 0 Å². The van der Waals surface area contributed by atoms with Gasteiger partial charge in [0.15, 0.2) is 5.82 Å². The zero-order valence-corrected chi connectivity index (χ0v) is 20.5. The minimum absolute atomic E-state index is 0.0340. The Balaban J connectivity index is 1.73. The maximum Gasteiger partial charge on any atom is 0.327 e. The van der Waals surface area contributed by atoms with E-state index in [2.05, 4.69) is 45.3 Å². The summed E-state index contributed by atoms with van der Waals surface area (Å²) in [6.45, 7) is 8.84. The first-order chi connectivity index (χ1) is 16.4. The minimum Gasteiger partial charge on any atom is -0.465 e. The second kappa shape index (κ2) is 10.5. The zero-order valence-electron chi connectivity index (χ0n) is 20.5. The summed E-state index contributed by atoms with van der Waals surface area (Å²) in [5.41, 5.74) is 2.63. The standard InChI is InChI=1S/C25H34N6O3/c1-5-34-22(32)15-31-24(27-28-29-31)23(16(2)3)30(20-8-6-7-9-20)14-19-13-18-12-17(4)10-11-21(18)26-25(19)33/h10-13,16,20,23H,5-9,14-15H2,1-4H3,(H,26,33)/t23-/m0/s1. The highest BCUT2D eigenvalue weighted by atomic mass is 16.5. The van der Waals surface area contributed by atoms with Crippen molar-refractivity contribution in [1.82, 2.24) is 30.1 Å². The van der Waals surface area contributed by atoms with Gasteiger partial charge < -0.3 is 9.72 Å². The fourth-order valence-electron chi connectivity index (χ4n) is 5.07. The number of nitrogens with zero attached hydrogens (tertiary/aromatic N) is 5. The van der Waals surface area contributed by atoms with Crippen LogP contribution in [0.3, 0.4) is 0 Å². The Morgan fingerprint density at radius 2 is 2.03 bits per heavy atom. The van der Waals surface area contributed by atoms with Crippen LogP contribution in [0, 0.1) is 12.8 Å². The number of aromatic nitrogens is 5. The number of H-pyrrole nitrogens is 1.